The molecule has 0 radical (unpaired) electrons. The molecule has 2 aromatic rings. The van der Waals surface area contributed by atoms with E-state index in [-0.39, 0.29) is 29.7 Å². The number of hydrogen-bond donors (Lipinski definition) is 2. The minimum absolute atomic E-state index is 0. The zero-order valence-electron chi connectivity index (χ0n) is 16.9. The lowest BCUT2D eigenvalue weighted by Crippen LogP contribution is -2.44. The molecule has 0 spiro atoms. The number of rotatable bonds is 6. The maximum atomic E-state index is 11.8. The second kappa shape index (κ2) is 10.9. The minimum Gasteiger partial charge on any atom is -0.356 e. The summed E-state index contributed by atoms with van der Waals surface area (Å²) in [6, 6.07) is 16.1. The van der Waals surface area contributed by atoms with Crippen molar-refractivity contribution in [3.63, 3.8) is 0 Å². The first kappa shape index (κ1) is 23.6. The van der Waals surface area contributed by atoms with E-state index >= 15 is 0 Å². The molecule has 158 valence electrons. The van der Waals surface area contributed by atoms with Crippen LogP contribution in [0.2, 0.25) is 0 Å². The third kappa shape index (κ3) is 6.68. The average Bonchev–Trinajstić information content (AvgIpc) is 2.71. The fraction of sp³-hybridized carbons (Fsp3) is 0.381. The molecule has 0 aromatic heterocycles. The molecule has 0 fully saturated rings. The third-order valence-electron chi connectivity index (χ3n) is 4.84. The van der Waals surface area contributed by atoms with E-state index in [1.807, 2.05) is 24.3 Å². The predicted molar refractivity (Wildman–Crippen MR) is 129 cm³/mol. The molecule has 1 heterocycles. The van der Waals surface area contributed by atoms with E-state index in [4.69, 9.17) is 4.99 Å². The van der Waals surface area contributed by atoms with Gasteiger partial charge in [-0.3, -0.25) is 0 Å². The number of fused-ring (bicyclic) bond motifs is 1. The Kier molecular flexibility index (Phi) is 8.91. The van der Waals surface area contributed by atoms with Gasteiger partial charge in [0.1, 0.15) is 0 Å². The molecular formula is C21H29IN4O2S. The van der Waals surface area contributed by atoms with Crippen molar-refractivity contribution in [3.8, 4) is 0 Å². The van der Waals surface area contributed by atoms with Gasteiger partial charge in [0.15, 0.2) is 5.96 Å². The van der Waals surface area contributed by atoms with Gasteiger partial charge in [-0.05, 0) is 42.6 Å². The van der Waals surface area contributed by atoms with E-state index in [1.165, 1.54) is 18.2 Å². The van der Waals surface area contributed by atoms with Crippen molar-refractivity contribution in [1.82, 2.24) is 14.9 Å². The fourth-order valence-corrected chi connectivity index (χ4v) is 4.14. The van der Waals surface area contributed by atoms with Crippen molar-refractivity contribution in [1.29, 1.82) is 0 Å². The summed E-state index contributed by atoms with van der Waals surface area (Å²) in [5.74, 6) is 0.870. The van der Waals surface area contributed by atoms with Gasteiger partial charge in [-0.2, -0.15) is 0 Å². The highest BCUT2D eigenvalue weighted by Gasteiger charge is 2.18. The largest absolute Gasteiger partial charge is 0.356 e. The van der Waals surface area contributed by atoms with Crippen LogP contribution in [0.5, 0.6) is 0 Å². The molecule has 0 saturated carbocycles. The summed E-state index contributed by atoms with van der Waals surface area (Å²) < 4.78 is 25.9. The van der Waals surface area contributed by atoms with E-state index in [9.17, 15) is 8.42 Å². The number of halogens is 1. The van der Waals surface area contributed by atoms with Crippen molar-refractivity contribution in [2.75, 3.05) is 20.1 Å². The molecule has 1 aliphatic heterocycles. The second-order valence-corrected chi connectivity index (χ2v) is 8.82. The Morgan fingerprint density at radius 3 is 2.55 bits per heavy atom. The second-order valence-electron chi connectivity index (χ2n) is 6.89. The summed E-state index contributed by atoms with van der Waals surface area (Å²) in [4.78, 5) is 7.08. The van der Waals surface area contributed by atoms with Crippen LogP contribution >= 0.6 is 24.0 Å². The van der Waals surface area contributed by atoms with E-state index < -0.39 is 10.0 Å². The minimum atomic E-state index is -3.28. The van der Waals surface area contributed by atoms with Crippen LogP contribution in [0.15, 0.2) is 53.5 Å². The normalized spacial score (nSPS) is 14.1. The number of aliphatic imine (C=N–C) groups is 1. The Labute approximate surface area is 190 Å². The lowest BCUT2D eigenvalue weighted by atomic mass is 10.0. The number of guanidine groups is 1. The Hall–Kier alpha value is -1.65. The van der Waals surface area contributed by atoms with Crippen LogP contribution in [0.25, 0.3) is 0 Å². The van der Waals surface area contributed by atoms with E-state index in [0.29, 0.717) is 6.54 Å². The number of nitrogens with one attached hydrogen (secondary N) is 2. The molecule has 2 N–H and O–H groups in total. The summed E-state index contributed by atoms with van der Waals surface area (Å²) >= 11 is 0. The topological polar surface area (TPSA) is 73.8 Å². The number of hydrogen-bond acceptors (Lipinski definition) is 3. The Bertz CT molecular complexity index is 947. The fourth-order valence-electron chi connectivity index (χ4n) is 3.38. The Balaban J connectivity index is 0.00000300. The highest BCUT2D eigenvalue weighted by atomic mass is 127. The summed E-state index contributed by atoms with van der Waals surface area (Å²) in [6.45, 7) is 5.16. The van der Waals surface area contributed by atoms with E-state index in [2.05, 4.69) is 46.1 Å². The van der Waals surface area contributed by atoms with Gasteiger partial charge in [-0.1, -0.05) is 48.5 Å². The van der Waals surface area contributed by atoms with Gasteiger partial charge in [0.05, 0.1) is 12.3 Å². The molecule has 0 amide bonds. The van der Waals surface area contributed by atoms with Crippen molar-refractivity contribution < 1.29 is 8.42 Å². The molecule has 0 atom stereocenters. The van der Waals surface area contributed by atoms with Crippen molar-refractivity contribution in [2.24, 2.45) is 4.99 Å². The predicted octanol–water partition coefficient (Wildman–Crippen LogP) is 2.88. The SMILES string of the molecule is CCNC(=NCc1cccc(CS(=O)(=O)NC)c1)N1CCc2ccccc2C1.I. The average molecular weight is 528 g/mol. The monoisotopic (exact) mass is 528 g/mol. The quantitative estimate of drug-likeness (QED) is 0.344. The van der Waals surface area contributed by atoms with Gasteiger partial charge in [0, 0.05) is 19.6 Å². The van der Waals surface area contributed by atoms with Crippen LogP contribution in [-0.2, 0) is 35.3 Å². The molecule has 3 rings (SSSR count). The lowest BCUT2D eigenvalue weighted by Gasteiger charge is -2.31. The van der Waals surface area contributed by atoms with Gasteiger partial charge in [-0.25, -0.2) is 18.1 Å². The number of nitrogens with zero attached hydrogens (tertiary/aromatic N) is 2. The molecular weight excluding hydrogens is 499 g/mol. The maximum absolute atomic E-state index is 11.8. The number of benzene rings is 2. The molecule has 29 heavy (non-hydrogen) atoms. The highest BCUT2D eigenvalue weighted by molar-refractivity contribution is 14.0. The Morgan fingerprint density at radius 1 is 1.10 bits per heavy atom. The first-order valence-corrected chi connectivity index (χ1v) is 11.2. The number of sulfonamides is 1. The molecule has 0 unspecified atom stereocenters. The van der Waals surface area contributed by atoms with Crippen molar-refractivity contribution >= 4 is 40.0 Å². The summed E-state index contributed by atoms with van der Waals surface area (Å²) in [7, 11) is -1.85. The summed E-state index contributed by atoms with van der Waals surface area (Å²) in [5.41, 5.74) is 4.52. The zero-order chi connectivity index (χ0) is 20.0. The van der Waals surface area contributed by atoms with Crippen LogP contribution in [0.3, 0.4) is 0 Å². The van der Waals surface area contributed by atoms with Crippen molar-refractivity contribution in [2.45, 2.75) is 32.2 Å². The van der Waals surface area contributed by atoms with Crippen molar-refractivity contribution in [3.05, 3.63) is 70.8 Å². The van der Waals surface area contributed by atoms with Crippen LogP contribution < -0.4 is 10.0 Å². The summed E-state index contributed by atoms with van der Waals surface area (Å²) in [5, 5.41) is 3.39. The highest BCUT2D eigenvalue weighted by Crippen LogP contribution is 2.19. The maximum Gasteiger partial charge on any atom is 0.215 e. The van der Waals surface area contributed by atoms with Crippen LogP contribution in [0.4, 0.5) is 0 Å². The molecule has 0 bridgehead atoms. The van der Waals surface area contributed by atoms with Crippen LogP contribution in [0, 0.1) is 0 Å². The molecule has 0 aliphatic carbocycles. The van der Waals surface area contributed by atoms with E-state index in [1.54, 1.807) is 0 Å². The zero-order valence-corrected chi connectivity index (χ0v) is 20.0. The molecule has 1 aliphatic rings. The Morgan fingerprint density at radius 2 is 1.83 bits per heavy atom. The van der Waals surface area contributed by atoms with Gasteiger partial charge in [0.25, 0.3) is 0 Å². The van der Waals surface area contributed by atoms with Crippen LogP contribution in [0.1, 0.15) is 29.2 Å². The molecule has 6 nitrogen and oxygen atoms in total. The smallest absolute Gasteiger partial charge is 0.215 e. The van der Waals surface area contributed by atoms with Gasteiger partial charge in [-0.15, -0.1) is 24.0 Å². The lowest BCUT2D eigenvalue weighted by molar-refractivity contribution is 0.378. The first-order valence-electron chi connectivity index (χ1n) is 9.60. The van der Waals surface area contributed by atoms with E-state index in [0.717, 1.165) is 43.1 Å². The third-order valence-corrected chi connectivity index (χ3v) is 6.17. The first-order chi connectivity index (χ1) is 13.5. The van der Waals surface area contributed by atoms with Crippen LogP contribution in [-0.4, -0.2) is 39.4 Å². The molecule has 8 heteroatoms. The standard InChI is InChI=1S/C21H28N4O2S.HI/c1-3-23-21(25-12-11-19-9-4-5-10-20(19)15-25)24-14-17-7-6-8-18(13-17)16-28(26,27)22-2;/h4-10,13,22H,3,11-12,14-16H2,1-2H3,(H,23,24);1H. The summed E-state index contributed by atoms with van der Waals surface area (Å²) in [6.07, 6.45) is 1.01. The van der Waals surface area contributed by atoms with Gasteiger partial charge in [0.2, 0.25) is 10.0 Å². The molecule has 0 saturated heterocycles. The van der Waals surface area contributed by atoms with Gasteiger partial charge < -0.3 is 10.2 Å². The molecule has 2 aromatic carbocycles. The van der Waals surface area contributed by atoms with Gasteiger partial charge >= 0.3 is 0 Å².